The van der Waals surface area contributed by atoms with Crippen LogP contribution in [0.5, 0.6) is 0 Å². The van der Waals surface area contributed by atoms with Gasteiger partial charge in [0, 0.05) is 18.7 Å². The molecule has 0 spiro atoms. The minimum Gasteiger partial charge on any atom is -0.391 e. The van der Waals surface area contributed by atoms with E-state index in [1.165, 1.54) is 11.0 Å². The monoisotopic (exact) mass is 227 g/mol. The molecule has 1 aromatic rings. The Morgan fingerprint density at radius 3 is 2.69 bits per heavy atom. The molecule has 0 aliphatic carbocycles. The zero-order valence-electron chi connectivity index (χ0n) is 8.49. The van der Waals surface area contributed by atoms with E-state index in [-0.39, 0.29) is 18.0 Å². The van der Waals surface area contributed by atoms with Crippen molar-refractivity contribution in [2.75, 3.05) is 13.1 Å². The number of benzene rings is 1. The van der Waals surface area contributed by atoms with Crippen LogP contribution in [0.4, 0.5) is 8.78 Å². The van der Waals surface area contributed by atoms with E-state index < -0.39 is 17.7 Å². The van der Waals surface area contributed by atoms with Crippen LogP contribution >= 0.6 is 0 Å². The fourth-order valence-corrected chi connectivity index (χ4v) is 1.74. The van der Waals surface area contributed by atoms with Gasteiger partial charge in [0.15, 0.2) is 11.6 Å². The van der Waals surface area contributed by atoms with Crippen LogP contribution in [0.25, 0.3) is 0 Å². The maximum absolute atomic E-state index is 12.9. The Bertz CT molecular complexity index is 422. The van der Waals surface area contributed by atoms with Gasteiger partial charge in [-0.25, -0.2) is 8.78 Å². The van der Waals surface area contributed by atoms with E-state index in [0.29, 0.717) is 13.0 Å². The fourth-order valence-electron chi connectivity index (χ4n) is 1.74. The van der Waals surface area contributed by atoms with Crippen molar-refractivity contribution in [2.45, 2.75) is 12.5 Å². The molecule has 0 saturated carbocycles. The molecule has 1 fully saturated rings. The number of rotatable bonds is 1. The maximum atomic E-state index is 12.9. The molecule has 1 saturated heterocycles. The van der Waals surface area contributed by atoms with Gasteiger partial charge in [0.05, 0.1) is 6.10 Å². The summed E-state index contributed by atoms with van der Waals surface area (Å²) in [4.78, 5) is 13.2. The summed E-state index contributed by atoms with van der Waals surface area (Å²) in [5.74, 6) is -2.39. The van der Waals surface area contributed by atoms with E-state index in [1.54, 1.807) is 0 Å². The number of hydrogen-bond acceptors (Lipinski definition) is 2. The van der Waals surface area contributed by atoms with Gasteiger partial charge in [0.1, 0.15) is 0 Å². The van der Waals surface area contributed by atoms with Crippen molar-refractivity contribution >= 4 is 5.91 Å². The number of aliphatic hydroxyl groups excluding tert-OH is 1. The Morgan fingerprint density at radius 1 is 1.38 bits per heavy atom. The highest BCUT2D eigenvalue weighted by molar-refractivity contribution is 5.94. The average molecular weight is 227 g/mol. The molecule has 1 aromatic carbocycles. The van der Waals surface area contributed by atoms with Crippen molar-refractivity contribution in [1.82, 2.24) is 4.90 Å². The van der Waals surface area contributed by atoms with E-state index in [0.717, 1.165) is 12.1 Å². The third-order valence-corrected chi connectivity index (χ3v) is 2.62. The van der Waals surface area contributed by atoms with Gasteiger partial charge in [-0.2, -0.15) is 0 Å². The van der Waals surface area contributed by atoms with Crippen LogP contribution in [0.15, 0.2) is 18.2 Å². The summed E-state index contributed by atoms with van der Waals surface area (Å²) in [7, 11) is 0. The molecule has 1 amide bonds. The number of amides is 1. The number of nitrogens with zero attached hydrogens (tertiary/aromatic N) is 1. The Balaban J connectivity index is 2.18. The third kappa shape index (κ3) is 2.04. The van der Waals surface area contributed by atoms with E-state index in [2.05, 4.69) is 0 Å². The molecule has 0 aromatic heterocycles. The molecule has 1 heterocycles. The molecule has 0 bridgehead atoms. The molecule has 16 heavy (non-hydrogen) atoms. The maximum Gasteiger partial charge on any atom is 0.254 e. The second-order valence-corrected chi connectivity index (χ2v) is 3.82. The Hall–Kier alpha value is -1.49. The second kappa shape index (κ2) is 4.17. The van der Waals surface area contributed by atoms with E-state index in [4.69, 9.17) is 0 Å². The minimum atomic E-state index is -1.04. The average Bonchev–Trinajstić information content (AvgIpc) is 2.68. The first kappa shape index (κ1) is 11.0. The lowest BCUT2D eigenvalue weighted by atomic mass is 10.2. The summed E-state index contributed by atoms with van der Waals surface area (Å²) in [6, 6.07) is 3.04. The number of likely N-dealkylation sites (tertiary alicyclic amines) is 1. The van der Waals surface area contributed by atoms with Crippen LogP contribution in [0.3, 0.4) is 0 Å². The highest BCUT2D eigenvalue weighted by atomic mass is 19.2. The van der Waals surface area contributed by atoms with Gasteiger partial charge >= 0.3 is 0 Å². The number of halogens is 2. The smallest absolute Gasteiger partial charge is 0.254 e. The van der Waals surface area contributed by atoms with Crippen molar-refractivity contribution in [3.8, 4) is 0 Å². The van der Waals surface area contributed by atoms with Crippen molar-refractivity contribution in [3.63, 3.8) is 0 Å². The van der Waals surface area contributed by atoms with Crippen LogP contribution in [-0.4, -0.2) is 35.1 Å². The van der Waals surface area contributed by atoms with Crippen molar-refractivity contribution < 1.29 is 18.7 Å². The van der Waals surface area contributed by atoms with Gasteiger partial charge in [0.2, 0.25) is 0 Å². The molecule has 1 aliphatic heterocycles. The summed E-state index contributed by atoms with van der Waals surface area (Å²) in [5.41, 5.74) is 0.105. The van der Waals surface area contributed by atoms with Crippen LogP contribution < -0.4 is 0 Å². The predicted octanol–water partition coefficient (Wildman–Crippen LogP) is 1.17. The van der Waals surface area contributed by atoms with Gasteiger partial charge in [-0.1, -0.05) is 0 Å². The van der Waals surface area contributed by atoms with Gasteiger partial charge in [0.25, 0.3) is 5.91 Å². The zero-order valence-corrected chi connectivity index (χ0v) is 8.49. The van der Waals surface area contributed by atoms with Crippen molar-refractivity contribution in [3.05, 3.63) is 35.4 Å². The molecule has 1 N–H and O–H groups in total. The number of carbonyl (C=O) groups is 1. The van der Waals surface area contributed by atoms with Gasteiger partial charge in [-0.3, -0.25) is 4.79 Å². The molecular weight excluding hydrogens is 216 g/mol. The fraction of sp³-hybridized carbons (Fsp3) is 0.364. The SMILES string of the molecule is O=C(c1ccc(F)c(F)c1)N1CC[C@@H](O)C1. The minimum absolute atomic E-state index is 0.105. The molecule has 0 radical (unpaired) electrons. The first-order chi connectivity index (χ1) is 7.58. The largest absolute Gasteiger partial charge is 0.391 e. The van der Waals surface area contributed by atoms with Crippen molar-refractivity contribution in [2.24, 2.45) is 0 Å². The molecule has 86 valence electrons. The first-order valence-electron chi connectivity index (χ1n) is 5.00. The van der Waals surface area contributed by atoms with Crippen LogP contribution in [-0.2, 0) is 0 Å². The molecule has 0 unspecified atom stereocenters. The predicted molar refractivity (Wildman–Crippen MR) is 52.9 cm³/mol. The summed E-state index contributed by atoms with van der Waals surface area (Å²) >= 11 is 0. The molecule has 3 nitrogen and oxygen atoms in total. The third-order valence-electron chi connectivity index (χ3n) is 2.62. The summed E-state index contributed by atoms with van der Waals surface area (Å²) in [6.07, 6.45) is 0.00401. The number of carbonyl (C=O) groups excluding carboxylic acids is 1. The van der Waals surface area contributed by atoms with Gasteiger partial charge < -0.3 is 10.0 Å². The second-order valence-electron chi connectivity index (χ2n) is 3.82. The molecule has 1 atom stereocenters. The van der Waals surface area contributed by atoms with Crippen LogP contribution in [0, 0.1) is 11.6 Å². The Labute approximate surface area is 91.3 Å². The molecule has 1 aliphatic rings. The lowest BCUT2D eigenvalue weighted by molar-refractivity contribution is 0.0764. The van der Waals surface area contributed by atoms with E-state index in [9.17, 15) is 18.7 Å². The van der Waals surface area contributed by atoms with Crippen LogP contribution in [0.2, 0.25) is 0 Å². The van der Waals surface area contributed by atoms with E-state index in [1.807, 2.05) is 0 Å². The highest BCUT2D eigenvalue weighted by Gasteiger charge is 2.25. The number of hydrogen-bond donors (Lipinski definition) is 1. The quantitative estimate of drug-likeness (QED) is 0.782. The molecule has 2 rings (SSSR count). The molecule has 5 heteroatoms. The standard InChI is InChI=1S/C11H11F2NO2/c12-9-2-1-7(5-10(9)13)11(16)14-4-3-8(15)6-14/h1-2,5,8,15H,3-4,6H2/t8-/m1/s1. The number of β-amino-alcohol motifs (C(OH)–C–C–N with tert-alkyl or cyclic N) is 1. The lowest BCUT2D eigenvalue weighted by Gasteiger charge is -2.15. The highest BCUT2D eigenvalue weighted by Crippen LogP contribution is 2.15. The zero-order chi connectivity index (χ0) is 11.7. The Kier molecular flexibility index (Phi) is 2.87. The molecular formula is C11H11F2NO2. The van der Waals surface area contributed by atoms with Gasteiger partial charge in [-0.05, 0) is 24.6 Å². The lowest BCUT2D eigenvalue weighted by Crippen LogP contribution is -2.29. The van der Waals surface area contributed by atoms with Gasteiger partial charge in [-0.15, -0.1) is 0 Å². The number of aliphatic hydroxyl groups is 1. The van der Waals surface area contributed by atoms with Crippen LogP contribution in [0.1, 0.15) is 16.8 Å². The topological polar surface area (TPSA) is 40.5 Å². The summed E-state index contributed by atoms with van der Waals surface area (Å²) in [6.45, 7) is 0.691. The Morgan fingerprint density at radius 2 is 2.12 bits per heavy atom. The van der Waals surface area contributed by atoms with Crippen molar-refractivity contribution in [1.29, 1.82) is 0 Å². The first-order valence-corrected chi connectivity index (χ1v) is 5.00. The summed E-state index contributed by atoms with van der Waals surface area (Å²) in [5, 5.41) is 9.27. The normalized spacial score (nSPS) is 20.2. The summed E-state index contributed by atoms with van der Waals surface area (Å²) < 4.78 is 25.6. The van der Waals surface area contributed by atoms with E-state index >= 15 is 0 Å².